The number of carbonyl (C=O) groups excluding carboxylic acids is 2. The molecule has 0 spiro atoms. The number of aromatic nitrogens is 2. The highest BCUT2D eigenvalue weighted by molar-refractivity contribution is 7.89. The number of hydrogen-bond donors (Lipinski definition) is 3. The molecule has 1 unspecified atom stereocenters. The van der Waals surface area contributed by atoms with Crippen LogP contribution in [0.25, 0.3) is 0 Å². The summed E-state index contributed by atoms with van der Waals surface area (Å²) in [5, 5.41) is 23.9. The second-order valence-corrected chi connectivity index (χ2v) is 11.1. The van der Waals surface area contributed by atoms with E-state index < -0.39 is 40.7 Å². The molecule has 0 aliphatic rings. The standard InChI is InChI=1S/C25H38N4O6S/c1-5-20(31)11-12-24(33)27-21(13-19-9-7-6-8-10-19)23(32)14-29(22(16-30)18(2)3)36(34,35)25-15-28(4)17-26-25/h6-10,15,17-18,21-23,30,32H,5,11-14,16H2,1-4H3,(H,27,33)/t21-,22?,23+/m0/s1. The largest absolute Gasteiger partial charge is 0.395 e. The maximum absolute atomic E-state index is 13.5. The number of rotatable bonds is 15. The number of amides is 1. The van der Waals surface area contributed by atoms with E-state index in [0.29, 0.717) is 6.42 Å². The SMILES string of the molecule is CCC(=O)CCC(=O)N[C@@H](Cc1ccccc1)[C@H](O)CN(C(CO)C(C)C)S(=O)(=O)c1cn(C)cn1. The Bertz CT molecular complexity index is 1090. The zero-order valence-corrected chi connectivity index (χ0v) is 22.2. The second-order valence-electron chi connectivity index (χ2n) is 9.27. The third-order valence-corrected chi connectivity index (χ3v) is 7.86. The van der Waals surface area contributed by atoms with Gasteiger partial charge in [-0.2, -0.15) is 4.31 Å². The monoisotopic (exact) mass is 522 g/mol. The molecule has 0 fully saturated rings. The van der Waals surface area contributed by atoms with E-state index in [1.807, 2.05) is 30.3 Å². The first kappa shape index (κ1) is 29.6. The van der Waals surface area contributed by atoms with Gasteiger partial charge in [0.05, 0.1) is 31.1 Å². The second kappa shape index (κ2) is 13.6. The Morgan fingerprint density at radius 1 is 1.17 bits per heavy atom. The van der Waals surface area contributed by atoms with Crippen molar-refractivity contribution in [1.82, 2.24) is 19.2 Å². The van der Waals surface area contributed by atoms with Gasteiger partial charge in [0.2, 0.25) is 5.91 Å². The van der Waals surface area contributed by atoms with E-state index in [0.717, 1.165) is 9.87 Å². The summed E-state index contributed by atoms with van der Waals surface area (Å²) < 4.78 is 29.6. The van der Waals surface area contributed by atoms with Crippen LogP contribution in [0.4, 0.5) is 0 Å². The van der Waals surface area contributed by atoms with Crippen LogP contribution in [-0.4, -0.2) is 75.5 Å². The summed E-state index contributed by atoms with van der Waals surface area (Å²) in [6, 6.07) is 7.56. The molecule has 36 heavy (non-hydrogen) atoms. The number of carbonyl (C=O) groups is 2. The highest BCUT2D eigenvalue weighted by Gasteiger charge is 2.37. The van der Waals surface area contributed by atoms with E-state index in [1.165, 1.54) is 17.1 Å². The van der Waals surface area contributed by atoms with Crippen molar-refractivity contribution in [3.63, 3.8) is 0 Å². The Morgan fingerprint density at radius 2 is 1.83 bits per heavy atom. The molecule has 2 rings (SSSR count). The molecule has 1 aromatic carbocycles. The van der Waals surface area contributed by atoms with Crippen LogP contribution < -0.4 is 5.32 Å². The number of sulfonamides is 1. The number of aliphatic hydroxyl groups is 2. The molecule has 0 aliphatic heterocycles. The number of ketones is 1. The molecule has 0 radical (unpaired) electrons. The molecule has 3 atom stereocenters. The van der Waals surface area contributed by atoms with Gasteiger partial charge in [-0.1, -0.05) is 51.1 Å². The van der Waals surface area contributed by atoms with Gasteiger partial charge in [0.15, 0.2) is 5.03 Å². The van der Waals surface area contributed by atoms with Gasteiger partial charge in [-0.3, -0.25) is 9.59 Å². The van der Waals surface area contributed by atoms with Gasteiger partial charge in [-0.05, 0) is 17.9 Å². The zero-order valence-electron chi connectivity index (χ0n) is 21.4. The number of Topliss-reactive ketones (excluding diaryl/α,β-unsaturated/α-hetero) is 1. The molecule has 1 amide bonds. The smallest absolute Gasteiger partial charge is 0.262 e. The molecule has 2 aromatic rings. The third-order valence-electron chi connectivity index (χ3n) is 6.08. The molecule has 0 saturated heterocycles. The maximum Gasteiger partial charge on any atom is 0.262 e. The van der Waals surface area contributed by atoms with Crippen LogP contribution in [0.15, 0.2) is 47.9 Å². The topological polar surface area (TPSA) is 142 Å². The van der Waals surface area contributed by atoms with Crippen molar-refractivity contribution in [2.24, 2.45) is 13.0 Å². The van der Waals surface area contributed by atoms with Gasteiger partial charge < -0.3 is 20.1 Å². The summed E-state index contributed by atoms with van der Waals surface area (Å²) in [7, 11) is -2.52. The lowest BCUT2D eigenvalue weighted by Gasteiger charge is -2.35. The van der Waals surface area contributed by atoms with E-state index in [2.05, 4.69) is 10.3 Å². The van der Waals surface area contributed by atoms with E-state index in [1.54, 1.807) is 27.8 Å². The molecular weight excluding hydrogens is 484 g/mol. The van der Waals surface area contributed by atoms with E-state index in [9.17, 15) is 28.2 Å². The van der Waals surface area contributed by atoms with Gasteiger partial charge in [0.25, 0.3) is 10.0 Å². The quantitative estimate of drug-likeness (QED) is 0.320. The molecule has 200 valence electrons. The van der Waals surface area contributed by atoms with Crippen molar-refractivity contribution in [3.8, 4) is 0 Å². The number of nitrogens with one attached hydrogen (secondary N) is 1. The number of benzene rings is 1. The summed E-state index contributed by atoms with van der Waals surface area (Å²) in [6.45, 7) is 4.47. The van der Waals surface area contributed by atoms with Gasteiger partial charge in [0.1, 0.15) is 5.78 Å². The Kier molecular flexibility index (Phi) is 11.2. The summed E-state index contributed by atoms with van der Waals surface area (Å²) in [6.07, 6.45) is 2.07. The fourth-order valence-corrected chi connectivity index (χ4v) is 5.60. The highest BCUT2D eigenvalue weighted by Crippen LogP contribution is 2.22. The first-order chi connectivity index (χ1) is 17.0. The van der Waals surface area contributed by atoms with Crippen LogP contribution in [0.3, 0.4) is 0 Å². The van der Waals surface area contributed by atoms with Crippen molar-refractivity contribution in [2.75, 3.05) is 13.2 Å². The Morgan fingerprint density at radius 3 is 2.36 bits per heavy atom. The van der Waals surface area contributed by atoms with Gasteiger partial charge >= 0.3 is 0 Å². The van der Waals surface area contributed by atoms with Crippen molar-refractivity contribution >= 4 is 21.7 Å². The van der Waals surface area contributed by atoms with Crippen LogP contribution in [0.5, 0.6) is 0 Å². The van der Waals surface area contributed by atoms with Gasteiger partial charge in [-0.25, -0.2) is 13.4 Å². The Balaban J connectivity index is 2.35. The zero-order chi connectivity index (χ0) is 26.9. The van der Waals surface area contributed by atoms with E-state index >= 15 is 0 Å². The normalized spacial score (nSPS) is 14.6. The van der Waals surface area contributed by atoms with Crippen molar-refractivity contribution < 1.29 is 28.2 Å². The van der Waals surface area contributed by atoms with Crippen LogP contribution in [0, 0.1) is 5.92 Å². The van der Waals surface area contributed by atoms with Crippen molar-refractivity contribution in [1.29, 1.82) is 0 Å². The number of aryl methyl sites for hydroxylation is 1. The van der Waals surface area contributed by atoms with Crippen LogP contribution in [-0.2, 0) is 33.1 Å². The molecule has 1 heterocycles. The molecule has 1 aromatic heterocycles. The summed E-state index contributed by atoms with van der Waals surface area (Å²) >= 11 is 0. The first-order valence-corrected chi connectivity index (χ1v) is 13.6. The van der Waals surface area contributed by atoms with Gasteiger partial charge in [-0.15, -0.1) is 0 Å². The summed E-state index contributed by atoms with van der Waals surface area (Å²) in [5.74, 6) is -0.706. The fourth-order valence-electron chi connectivity index (χ4n) is 3.86. The minimum atomic E-state index is -4.17. The average molecular weight is 523 g/mol. The minimum Gasteiger partial charge on any atom is -0.395 e. The lowest BCUT2D eigenvalue weighted by Crippen LogP contribution is -2.54. The Labute approximate surface area is 213 Å². The number of hydrogen-bond acceptors (Lipinski definition) is 7. The number of nitrogens with zero attached hydrogens (tertiary/aromatic N) is 3. The van der Waals surface area contributed by atoms with Crippen LogP contribution in [0.2, 0.25) is 0 Å². The minimum absolute atomic E-state index is 0.0219. The third kappa shape index (κ3) is 8.22. The molecule has 11 heteroatoms. The van der Waals surface area contributed by atoms with E-state index in [-0.39, 0.29) is 42.5 Å². The predicted molar refractivity (Wildman–Crippen MR) is 135 cm³/mol. The molecule has 0 saturated carbocycles. The van der Waals surface area contributed by atoms with Gasteiger partial charge in [0, 0.05) is 39.1 Å². The van der Waals surface area contributed by atoms with Crippen LogP contribution >= 0.6 is 0 Å². The lowest BCUT2D eigenvalue weighted by molar-refractivity contribution is -0.126. The first-order valence-electron chi connectivity index (χ1n) is 12.1. The predicted octanol–water partition coefficient (Wildman–Crippen LogP) is 1.28. The highest BCUT2D eigenvalue weighted by atomic mass is 32.2. The molecule has 0 bridgehead atoms. The lowest BCUT2D eigenvalue weighted by atomic mass is 9.99. The van der Waals surface area contributed by atoms with Crippen molar-refractivity contribution in [2.45, 2.75) is 69.7 Å². The molecule has 3 N–H and O–H groups in total. The molecule has 0 aliphatic carbocycles. The number of aliphatic hydroxyl groups excluding tert-OH is 2. The Hall–Kier alpha value is -2.60. The molecule has 10 nitrogen and oxygen atoms in total. The number of imidazole rings is 1. The fraction of sp³-hybridized carbons (Fsp3) is 0.560. The summed E-state index contributed by atoms with van der Waals surface area (Å²) in [5.41, 5.74) is 0.841. The summed E-state index contributed by atoms with van der Waals surface area (Å²) in [4.78, 5) is 28.2. The van der Waals surface area contributed by atoms with Crippen LogP contribution in [0.1, 0.15) is 45.6 Å². The van der Waals surface area contributed by atoms with E-state index in [4.69, 9.17) is 0 Å². The average Bonchev–Trinajstić information content (AvgIpc) is 3.29. The molecular formula is C25H38N4O6S. The van der Waals surface area contributed by atoms with Crippen molar-refractivity contribution in [3.05, 3.63) is 48.4 Å². The maximum atomic E-state index is 13.5.